The summed E-state index contributed by atoms with van der Waals surface area (Å²) in [5, 5.41) is 0. The van der Waals surface area contributed by atoms with Gasteiger partial charge in [0.1, 0.15) is 5.82 Å². The molecule has 1 saturated heterocycles. The van der Waals surface area contributed by atoms with Gasteiger partial charge in [-0.25, -0.2) is 4.98 Å². The Bertz CT molecular complexity index is 345. The van der Waals surface area contributed by atoms with Gasteiger partial charge in [0, 0.05) is 18.3 Å². The highest BCUT2D eigenvalue weighted by molar-refractivity contribution is 6.07. The van der Waals surface area contributed by atoms with Gasteiger partial charge in [0.25, 0.3) is 5.91 Å². The molecule has 66 valence electrons. The summed E-state index contributed by atoms with van der Waals surface area (Å²) in [4.78, 5) is 17.3. The number of hydrogen-bond acceptors (Lipinski definition) is 2. The average Bonchev–Trinajstić information content (AvgIpc) is 2.49. The zero-order chi connectivity index (χ0) is 9.26. The molecule has 1 aromatic rings. The van der Waals surface area contributed by atoms with E-state index in [1.807, 2.05) is 18.2 Å². The molecule has 2 rings (SSSR count). The first-order valence-electron chi connectivity index (χ1n) is 4.20. The van der Waals surface area contributed by atoms with Gasteiger partial charge in [-0.2, -0.15) is 0 Å². The number of nitrogens with zero attached hydrogens (tertiary/aromatic N) is 2. The van der Waals surface area contributed by atoms with Gasteiger partial charge >= 0.3 is 0 Å². The number of amides is 1. The van der Waals surface area contributed by atoms with Crippen molar-refractivity contribution in [2.24, 2.45) is 0 Å². The Labute approximate surface area is 76.7 Å². The van der Waals surface area contributed by atoms with Crippen LogP contribution in [0.5, 0.6) is 0 Å². The van der Waals surface area contributed by atoms with Crippen molar-refractivity contribution < 1.29 is 4.79 Å². The fraction of sp³-hybridized carbons (Fsp3) is 0.200. The summed E-state index contributed by atoms with van der Waals surface area (Å²) in [5.41, 5.74) is 0.672. The molecule has 0 bridgehead atoms. The van der Waals surface area contributed by atoms with Crippen LogP contribution in [0.25, 0.3) is 0 Å². The van der Waals surface area contributed by atoms with Crippen molar-refractivity contribution in [3.63, 3.8) is 0 Å². The van der Waals surface area contributed by atoms with Crippen molar-refractivity contribution in [1.29, 1.82) is 0 Å². The lowest BCUT2D eigenvalue weighted by molar-refractivity contribution is -0.114. The minimum atomic E-state index is -0.00120. The number of anilines is 1. The molecule has 1 fully saturated rings. The normalized spacial score (nSPS) is 16.8. The Morgan fingerprint density at radius 1 is 1.46 bits per heavy atom. The van der Waals surface area contributed by atoms with E-state index in [1.165, 1.54) is 0 Å². The highest BCUT2D eigenvalue weighted by atomic mass is 16.2. The van der Waals surface area contributed by atoms with Gasteiger partial charge in [0.2, 0.25) is 0 Å². The molecule has 3 nitrogen and oxygen atoms in total. The molecule has 1 aliphatic heterocycles. The fourth-order valence-corrected chi connectivity index (χ4v) is 1.38. The maximum Gasteiger partial charge on any atom is 0.254 e. The van der Waals surface area contributed by atoms with Crippen molar-refractivity contribution in [2.45, 2.75) is 6.42 Å². The Morgan fingerprint density at radius 2 is 2.31 bits per heavy atom. The van der Waals surface area contributed by atoms with Crippen LogP contribution < -0.4 is 4.90 Å². The van der Waals surface area contributed by atoms with Gasteiger partial charge in [-0.15, -0.1) is 0 Å². The molecule has 1 amide bonds. The summed E-state index contributed by atoms with van der Waals surface area (Å²) in [6.07, 6.45) is 2.43. The molecule has 0 unspecified atom stereocenters. The quantitative estimate of drug-likeness (QED) is 0.602. The number of carbonyl (C=O) groups excluding carboxylic acids is 1. The van der Waals surface area contributed by atoms with E-state index in [4.69, 9.17) is 0 Å². The Kier molecular flexibility index (Phi) is 1.85. The molecule has 13 heavy (non-hydrogen) atoms. The third-order valence-corrected chi connectivity index (χ3v) is 2.11. The summed E-state index contributed by atoms with van der Waals surface area (Å²) in [5.74, 6) is 0.713. The SMILES string of the molecule is C=C1CCN(c2ccccn2)C1=O. The molecule has 0 N–H and O–H groups in total. The van der Waals surface area contributed by atoms with Crippen molar-refractivity contribution in [1.82, 2.24) is 4.98 Å². The first-order chi connectivity index (χ1) is 6.29. The molecule has 1 aliphatic rings. The van der Waals surface area contributed by atoms with Gasteiger partial charge in [0.15, 0.2) is 0 Å². The van der Waals surface area contributed by atoms with Gasteiger partial charge in [-0.1, -0.05) is 12.6 Å². The van der Waals surface area contributed by atoms with Crippen molar-refractivity contribution >= 4 is 11.7 Å². The summed E-state index contributed by atoms with van der Waals surface area (Å²) in [7, 11) is 0. The summed E-state index contributed by atoms with van der Waals surface area (Å²) in [6.45, 7) is 4.40. The third kappa shape index (κ3) is 1.33. The summed E-state index contributed by atoms with van der Waals surface area (Å²) in [6, 6.07) is 5.53. The average molecular weight is 174 g/mol. The van der Waals surface area contributed by atoms with Crippen LogP contribution in [-0.4, -0.2) is 17.4 Å². The lowest BCUT2D eigenvalue weighted by Gasteiger charge is -2.12. The molecular formula is C10H10N2O. The lowest BCUT2D eigenvalue weighted by Crippen LogP contribution is -2.24. The minimum absolute atomic E-state index is 0.00120. The van der Waals surface area contributed by atoms with Crippen LogP contribution in [0, 0.1) is 0 Å². The number of rotatable bonds is 1. The number of aromatic nitrogens is 1. The van der Waals surface area contributed by atoms with Crippen LogP contribution in [0.3, 0.4) is 0 Å². The molecule has 2 heterocycles. The van der Waals surface area contributed by atoms with Crippen molar-refractivity contribution in [2.75, 3.05) is 11.4 Å². The second-order valence-corrected chi connectivity index (χ2v) is 3.00. The van der Waals surface area contributed by atoms with Crippen LogP contribution >= 0.6 is 0 Å². The van der Waals surface area contributed by atoms with Gasteiger partial charge in [0.05, 0.1) is 0 Å². The van der Waals surface area contributed by atoms with E-state index in [0.29, 0.717) is 17.9 Å². The lowest BCUT2D eigenvalue weighted by atomic mass is 10.3. The number of hydrogen-bond donors (Lipinski definition) is 0. The van der Waals surface area contributed by atoms with Crippen LogP contribution in [-0.2, 0) is 4.79 Å². The van der Waals surface area contributed by atoms with Gasteiger partial charge < -0.3 is 0 Å². The highest BCUT2D eigenvalue weighted by Crippen LogP contribution is 2.20. The third-order valence-electron chi connectivity index (χ3n) is 2.11. The number of carbonyl (C=O) groups is 1. The largest absolute Gasteiger partial charge is 0.293 e. The van der Waals surface area contributed by atoms with E-state index in [-0.39, 0.29) is 5.91 Å². The van der Waals surface area contributed by atoms with Crippen LogP contribution in [0.4, 0.5) is 5.82 Å². The minimum Gasteiger partial charge on any atom is -0.293 e. The maximum atomic E-state index is 11.5. The van der Waals surface area contributed by atoms with Gasteiger partial charge in [-0.05, 0) is 18.6 Å². The summed E-state index contributed by atoms with van der Waals surface area (Å²) >= 11 is 0. The van der Waals surface area contributed by atoms with E-state index in [0.717, 1.165) is 6.42 Å². The Hall–Kier alpha value is -1.64. The van der Waals surface area contributed by atoms with Gasteiger partial charge in [-0.3, -0.25) is 9.69 Å². The monoisotopic (exact) mass is 174 g/mol. The van der Waals surface area contributed by atoms with Crippen LogP contribution in [0.15, 0.2) is 36.5 Å². The Morgan fingerprint density at radius 3 is 2.85 bits per heavy atom. The molecule has 0 saturated carbocycles. The van der Waals surface area contributed by atoms with Crippen molar-refractivity contribution in [3.05, 3.63) is 36.5 Å². The van der Waals surface area contributed by atoms with E-state index < -0.39 is 0 Å². The standard InChI is InChI=1S/C10H10N2O/c1-8-5-7-12(10(8)13)9-4-2-3-6-11-9/h2-4,6H,1,5,7H2. The fourth-order valence-electron chi connectivity index (χ4n) is 1.38. The predicted molar refractivity (Wildman–Crippen MR) is 50.3 cm³/mol. The topological polar surface area (TPSA) is 33.2 Å². The zero-order valence-corrected chi connectivity index (χ0v) is 7.23. The summed E-state index contributed by atoms with van der Waals surface area (Å²) < 4.78 is 0. The van der Waals surface area contributed by atoms with E-state index in [1.54, 1.807) is 11.1 Å². The second-order valence-electron chi connectivity index (χ2n) is 3.00. The smallest absolute Gasteiger partial charge is 0.254 e. The molecule has 0 radical (unpaired) electrons. The van der Waals surface area contributed by atoms with Crippen LogP contribution in [0.1, 0.15) is 6.42 Å². The number of pyridine rings is 1. The molecule has 0 spiro atoms. The molecule has 1 aromatic heterocycles. The van der Waals surface area contributed by atoms with E-state index in [9.17, 15) is 4.79 Å². The second kappa shape index (κ2) is 3.01. The van der Waals surface area contributed by atoms with E-state index >= 15 is 0 Å². The van der Waals surface area contributed by atoms with E-state index in [2.05, 4.69) is 11.6 Å². The van der Waals surface area contributed by atoms with Crippen LogP contribution in [0.2, 0.25) is 0 Å². The first kappa shape index (κ1) is 7.98. The molecule has 0 aromatic carbocycles. The molecule has 0 aliphatic carbocycles. The highest BCUT2D eigenvalue weighted by Gasteiger charge is 2.25. The first-order valence-corrected chi connectivity index (χ1v) is 4.20. The Balaban J connectivity index is 2.29. The predicted octanol–water partition coefficient (Wildman–Crippen LogP) is 1.37. The zero-order valence-electron chi connectivity index (χ0n) is 7.23. The molecule has 0 atom stereocenters. The molecule has 3 heteroatoms. The maximum absolute atomic E-state index is 11.5. The molecular weight excluding hydrogens is 164 g/mol. The van der Waals surface area contributed by atoms with Crippen molar-refractivity contribution in [3.8, 4) is 0 Å².